The first-order chi connectivity index (χ1) is 10.0. The molecule has 0 radical (unpaired) electrons. The van der Waals surface area contributed by atoms with Crippen molar-refractivity contribution < 1.29 is 14.6 Å². The molecule has 110 valence electrons. The molecule has 1 heterocycles. The first-order valence-corrected chi connectivity index (χ1v) is 6.95. The zero-order valence-electron chi connectivity index (χ0n) is 11.7. The highest BCUT2D eigenvalue weighted by Crippen LogP contribution is 2.44. The molecule has 3 atom stereocenters. The van der Waals surface area contributed by atoms with E-state index in [-0.39, 0.29) is 23.0 Å². The summed E-state index contributed by atoms with van der Waals surface area (Å²) in [6.45, 7) is 1.58. The van der Waals surface area contributed by atoms with Crippen molar-refractivity contribution in [1.82, 2.24) is 0 Å². The van der Waals surface area contributed by atoms with Crippen molar-refractivity contribution in [3.05, 3.63) is 46.0 Å². The molecule has 1 saturated carbocycles. The summed E-state index contributed by atoms with van der Waals surface area (Å²) < 4.78 is 0. The zero-order valence-corrected chi connectivity index (χ0v) is 11.7. The lowest BCUT2D eigenvalue weighted by Crippen LogP contribution is -2.52. The van der Waals surface area contributed by atoms with Crippen molar-refractivity contribution in [1.29, 1.82) is 0 Å². The first kappa shape index (κ1) is 13.7. The molecule has 0 aromatic heterocycles. The van der Waals surface area contributed by atoms with Crippen molar-refractivity contribution in [2.24, 2.45) is 5.16 Å². The molecule has 1 aliphatic heterocycles. The van der Waals surface area contributed by atoms with Gasteiger partial charge in [0.2, 0.25) is 5.60 Å². The van der Waals surface area contributed by atoms with Crippen LogP contribution in [0.5, 0.6) is 0 Å². The number of carbonyl (C=O) groups is 1. The third kappa shape index (κ3) is 2.30. The van der Waals surface area contributed by atoms with Crippen LogP contribution in [0.25, 0.3) is 0 Å². The van der Waals surface area contributed by atoms with Gasteiger partial charge >= 0.3 is 0 Å². The Morgan fingerprint density at radius 3 is 2.76 bits per heavy atom. The van der Waals surface area contributed by atoms with Crippen LogP contribution in [0.2, 0.25) is 0 Å². The minimum atomic E-state index is -1.12. The van der Waals surface area contributed by atoms with Gasteiger partial charge in [0.05, 0.1) is 6.42 Å². The van der Waals surface area contributed by atoms with Gasteiger partial charge in [0, 0.05) is 17.8 Å². The molecule has 2 unspecified atom stereocenters. The lowest BCUT2D eigenvalue weighted by molar-refractivity contribution is -0.523. The lowest BCUT2D eigenvalue weighted by atomic mass is 9.71. The Labute approximate surface area is 121 Å². The van der Waals surface area contributed by atoms with E-state index in [2.05, 4.69) is 5.16 Å². The van der Waals surface area contributed by atoms with Crippen LogP contribution < -0.4 is 0 Å². The number of benzene rings is 1. The van der Waals surface area contributed by atoms with Gasteiger partial charge in [0.15, 0.2) is 0 Å². The average molecular weight is 288 g/mol. The van der Waals surface area contributed by atoms with Crippen molar-refractivity contribution in [2.45, 2.75) is 43.7 Å². The van der Waals surface area contributed by atoms with Crippen molar-refractivity contribution in [2.75, 3.05) is 0 Å². The highest BCUT2D eigenvalue weighted by Gasteiger charge is 2.59. The molecule has 1 spiro atoms. The van der Waals surface area contributed by atoms with E-state index in [1.54, 1.807) is 6.92 Å². The van der Waals surface area contributed by atoms with Gasteiger partial charge in [-0.05, 0) is 18.4 Å². The summed E-state index contributed by atoms with van der Waals surface area (Å²) in [4.78, 5) is 28.5. The quantitative estimate of drug-likeness (QED) is 0.617. The van der Waals surface area contributed by atoms with Crippen LogP contribution in [-0.4, -0.2) is 28.1 Å². The smallest absolute Gasteiger partial charge is 0.295 e. The van der Waals surface area contributed by atoms with Gasteiger partial charge in [-0.15, -0.1) is 0 Å². The Morgan fingerprint density at radius 1 is 1.38 bits per heavy atom. The van der Waals surface area contributed by atoms with E-state index in [0.29, 0.717) is 18.6 Å². The van der Waals surface area contributed by atoms with Gasteiger partial charge in [-0.25, -0.2) is 0 Å². The highest BCUT2D eigenvalue weighted by molar-refractivity contribution is 5.90. The van der Waals surface area contributed by atoms with E-state index in [0.717, 1.165) is 5.56 Å². The molecule has 1 fully saturated rings. The molecule has 1 aromatic carbocycles. The largest absolute Gasteiger partial charge is 0.381 e. The van der Waals surface area contributed by atoms with Gasteiger partial charge in [0.25, 0.3) is 6.04 Å². The Kier molecular flexibility index (Phi) is 3.23. The minimum Gasteiger partial charge on any atom is -0.381 e. The van der Waals surface area contributed by atoms with Gasteiger partial charge in [-0.3, -0.25) is 14.9 Å². The number of rotatable bonds is 2. The predicted octanol–water partition coefficient (Wildman–Crippen LogP) is 2.31. The summed E-state index contributed by atoms with van der Waals surface area (Å²) >= 11 is 0. The maximum absolute atomic E-state index is 12.1. The van der Waals surface area contributed by atoms with E-state index < -0.39 is 11.6 Å². The fourth-order valence-electron chi connectivity index (χ4n) is 3.47. The summed E-state index contributed by atoms with van der Waals surface area (Å²) in [6.07, 6.45) is 0.899. The number of Topliss-reactive ketones (excluding diaryl/α,β-unsaturated/α-hetero) is 1. The number of nitrogens with zero attached hydrogens (tertiary/aromatic N) is 2. The van der Waals surface area contributed by atoms with Crippen LogP contribution >= 0.6 is 0 Å². The minimum absolute atomic E-state index is 0.00754. The monoisotopic (exact) mass is 288 g/mol. The topological polar surface area (TPSA) is 81.8 Å². The second-order valence-electron chi connectivity index (χ2n) is 5.81. The average Bonchev–Trinajstić information content (AvgIpc) is 2.75. The van der Waals surface area contributed by atoms with Gasteiger partial charge in [-0.2, -0.15) is 0 Å². The Hall–Kier alpha value is -2.24. The molecule has 1 aliphatic carbocycles. The van der Waals surface area contributed by atoms with Crippen molar-refractivity contribution >= 4 is 11.5 Å². The van der Waals surface area contributed by atoms with Crippen LogP contribution in [0.4, 0.5) is 0 Å². The number of hydrogen-bond donors (Lipinski definition) is 0. The van der Waals surface area contributed by atoms with Gasteiger partial charge in [-0.1, -0.05) is 35.5 Å². The molecule has 0 bridgehead atoms. The predicted molar refractivity (Wildman–Crippen MR) is 75.7 cm³/mol. The molecule has 3 rings (SSSR count). The molecular weight excluding hydrogens is 272 g/mol. The Bertz CT molecular complexity index is 613. The fourth-order valence-corrected chi connectivity index (χ4v) is 3.47. The zero-order chi connectivity index (χ0) is 15.0. The van der Waals surface area contributed by atoms with E-state index in [1.807, 2.05) is 30.3 Å². The Morgan fingerprint density at radius 2 is 2.10 bits per heavy atom. The van der Waals surface area contributed by atoms with Crippen LogP contribution in [0, 0.1) is 10.1 Å². The van der Waals surface area contributed by atoms with Crippen LogP contribution in [-0.2, 0) is 9.63 Å². The third-order valence-corrected chi connectivity index (χ3v) is 4.31. The SMILES string of the molecule is CC1=NO[C@]2(CC(=O)CC(c3ccccc3)C2)C1[N+](=O)[O-]. The molecule has 21 heavy (non-hydrogen) atoms. The molecule has 0 amide bonds. The maximum Gasteiger partial charge on any atom is 0.295 e. The summed E-state index contributed by atoms with van der Waals surface area (Å²) in [7, 11) is 0. The lowest BCUT2D eigenvalue weighted by Gasteiger charge is -2.35. The Balaban J connectivity index is 1.94. The van der Waals surface area contributed by atoms with Gasteiger partial charge < -0.3 is 4.84 Å². The van der Waals surface area contributed by atoms with Crippen molar-refractivity contribution in [3.8, 4) is 0 Å². The number of ketones is 1. The maximum atomic E-state index is 12.1. The van der Waals surface area contributed by atoms with Crippen LogP contribution in [0.15, 0.2) is 35.5 Å². The highest BCUT2D eigenvalue weighted by atomic mass is 16.7. The molecule has 6 heteroatoms. The molecule has 1 aromatic rings. The molecular formula is C15H16N2O4. The van der Waals surface area contributed by atoms with E-state index in [1.165, 1.54) is 0 Å². The number of nitro groups is 1. The summed E-state index contributed by atoms with van der Waals surface area (Å²) in [6, 6.07) is 8.57. The number of oxime groups is 1. The second-order valence-corrected chi connectivity index (χ2v) is 5.81. The number of hydrogen-bond acceptors (Lipinski definition) is 5. The molecule has 6 nitrogen and oxygen atoms in total. The normalized spacial score (nSPS) is 31.9. The van der Waals surface area contributed by atoms with E-state index >= 15 is 0 Å². The van der Waals surface area contributed by atoms with E-state index in [4.69, 9.17) is 4.84 Å². The molecule has 0 N–H and O–H groups in total. The standard InChI is InChI=1S/C15H16N2O4/c1-10-14(17(19)20)15(21-16-10)8-12(7-13(18)9-15)11-5-3-2-4-6-11/h2-6,12,14H,7-9H2,1H3/t12?,14?,15-/m1/s1. The molecule has 0 saturated heterocycles. The van der Waals surface area contributed by atoms with Gasteiger partial charge in [0.1, 0.15) is 11.5 Å². The summed E-state index contributed by atoms with van der Waals surface area (Å²) in [5.41, 5.74) is 0.227. The number of carbonyl (C=O) groups excluding carboxylic acids is 1. The third-order valence-electron chi connectivity index (χ3n) is 4.31. The second kappa shape index (κ2) is 4.95. The summed E-state index contributed by atoms with van der Waals surface area (Å²) in [5.74, 6) is -0.0668. The van der Waals surface area contributed by atoms with Crippen LogP contribution in [0.3, 0.4) is 0 Å². The van der Waals surface area contributed by atoms with Crippen LogP contribution in [0.1, 0.15) is 37.7 Å². The molecule has 2 aliphatic rings. The summed E-state index contributed by atoms with van der Waals surface area (Å²) in [5, 5.41) is 15.2. The first-order valence-electron chi connectivity index (χ1n) is 6.95. The fraction of sp³-hybridized carbons (Fsp3) is 0.467. The van der Waals surface area contributed by atoms with E-state index in [9.17, 15) is 14.9 Å². The van der Waals surface area contributed by atoms with Crippen molar-refractivity contribution in [3.63, 3.8) is 0 Å².